The second kappa shape index (κ2) is 5.74. The second-order valence-electron chi connectivity index (χ2n) is 3.97. The van der Waals surface area contributed by atoms with E-state index in [4.69, 9.17) is 23.2 Å². The number of halogens is 2. The minimum Gasteiger partial charge on any atom is -0.317 e. The Hall–Kier alpha value is -0.240. The second-order valence-corrected chi connectivity index (χ2v) is 4.76. The van der Waals surface area contributed by atoms with Gasteiger partial charge in [0.2, 0.25) is 0 Å². The van der Waals surface area contributed by atoms with E-state index in [2.05, 4.69) is 19.2 Å². The average molecular weight is 246 g/mol. The first-order valence-corrected chi connectivity index (χ1v) is 5.92. The van der Waals surface area contributed by atoms with Crippen molar-refractivity contribution < 1.29 is 0 Å². The summed E-state index contributed by atoms with van der Waals surface area (Å²) in [7, 11) is 1.97. The molecule has 0 aliphatic heterocycles. The van der Waals surface area contributed by atoms with Crippen molar-refractivity contribution in [3.8, 4) is 0 Å². The Balaban J connectivity index is 2.76. The molecule has 0 aromatic heterocycles. The topological polar surface area (TPSA) is 12.0 Å². The van der Waals surface area contributed by atoms with Crippen LogP contribution in [0.4, 0.5) is 0 Å². The molecule has 0 aliphatic rings. The first-order chi connectivity index (χ1) is 7.06. The van der Waals surface area contributed by atoms with E-state index in [0.29, 0.717) is 22.0 Å². The summed E-state index contributed by atoms with van der Waals surface area (Å²) in [6, 6.07) is 6.27. The molecule has 1 N–H and O–H groups in total. The highest BCUT2D eigenvalue weighted by Crippen LogP contribution is 2.27. The van der Waals surface area contributed by atoms with E-state index < -0.39 is 0 Å². The van der Waals surface area contributed by atoms with Crippen LogP contribution in [-0.2, 0) is 6.42 Å². The molecule has 0 spiro atoms. The number of benzene rings is 1. The predicted octanol–water partition coefficient (Wildman–Crippen LogP) is 3.78. The van der Waals surface area contributed by atoms with Crippen LogP contribution in [0.15, 0.2) is 18.2 Å². The minimum absolute atomic E-state index is 0.472. The molecule has 1 aromatic rings. The van der Waals surface area contributed by atoms with Gasteiger partial charge in [-0.05, 0) is 37.9 Å². The quantitative estimate of drug-likeness (QED) is 0.852. The molecule has 1 aromatic carbocycles. The molecular weight excluding hydrogens is 229 g/mol. The lowest BCUT2D eigenvalue weighted by Crippen LogP contribution is -2.29. The van der Waals surface area contributed by atoms with Crippen LogP contribution in [0.3, 0.4) is 0 Å². The van der Waals surface area contributed by atoms with Gasteiger partial charge in [0, 0.05) is 6.04 Å². The van der Waals surface area contributed by atoms with E-state index in [1.165, 1.54) is 0 Å². The summed E-state index contributed by atoms with van der Waals surface area (Å²) in [5, 5.41) is 4.57. The summed E-state index contributed by atoms with van der Waals surface area (Å²) in [4.78, 5) is 0. The molecule has 0 amide bonds. The lowest BCUT2D eigenvalue weighted by atomic mass is 9.95. The fourth-order valence-electron chi connectivity index (χ4n) is 1.51. The zero-order valence-corrected chi connectivity index (χ0v) is 10.9. The van der Waals surface area contributed by atoms with Gasteiger partial charge in [0.25, 0.3) is 0 Å². The molecule has 0 bridgehead atoms. The molecule has 0 fully saturated rings. The van der Waals surface area contributed by atoms with E-state index in [-0.39, 0.29) is 0 Å². The third-order valence-corrected chi connectivity index (χ3v) is 3.74. The van der Waals surface area contributed by atoms with E-state index >= 15 is 0 Å². The van der Waals surface area contributed by atoms with E-state index in [9.17, 15) is 0 Å². The van der Waals surface area contributed by atoms with Crippen molar-refractivity contribution in [2.45, 2.75) is 26.3 Å². The number of hydrogen-bond donors (Lipinski definition) is 1. The third kappa shape index (κ3) is 3.37. The highest BCUT2D eigenvalue weighted by atomic mass is 35.5. The van der Waals surface area contributed by atoms with Gasteiger partial charge in [-0.2, -0.15) is 0 Å². The minimum atomic E-state index is 0.472. The first kappa shape index (κ1) is 12.8. The summed E-state index contributed by atoms with van der Waals surface area (Å²) < 4.78 is 0. The van der Waals surface area contributed by atoms with Crippen molar-refractivity contribution in [3.05, 3.63) is 33.8 Å². The van der Waals surface area contributed by atoms with Gasteiger partial charge in [0.15, 0.2) is 0 Å². The summed E-state index contributed by atoms with van der Waals surface area (Å²) in [5.74, 6) is 0.533. The maximum atomic E-state index is 6.13. The number of hydrogen-bond acceptors (Lipinski definition) is 1. The molecular formula is C12H17Cl2N. The Morgan fingerprint density at radius 2 is 1.93 bits per heavy atom. The molecule has 0 saturated heterocycles. The molecule has 15 heavy (non-hydrogen) atoms. The van der Waals surface area contributed by atoms with Crippen molar-refractivity contribution in [1.29, 1.82) is 0 Å². The van der Waals surface area contributed by atoms with E-state index in [1.54, 1.807) is 0 Å². The van der Waals surface area contributed by atoms with E-state index in [0.717, 1.165) is 12.0 Å². The van der Waals surface area contributed by atoms with Gasteiger partial charge in [0.05, 0.1) is 10.0 Å². The van der Waals surface area contributed by atoms with Gasteiger partial charge >= 0.3 is 0 Å². The summed E-state index contributed by atoms with van der Waals surface area (Å²) in [6.07, 6.45) is 0.946. The van der Waals surface area contributed by atoms with Crippen molar-refractivity contribution in [1.82, 2.24) is 5.32 Å². The van der Waals surface area contributed by atoms with Gasteiger partial charge in [-0.25, -0.2) is 0 Å². The van der Waals surface area contributed by atoms with Crippen LogP contribution in [0.2, 0.25) is 10.0 Å². The Labute approximate surface area is 102 Å². The lowest BCUT2D eigenvalue weighted by molar-refractivity contribution is 0.424. The van der Waals surface area contributed by atoms with Crippen LogP contribution < -0.4 is 5.32 Å². The Morgan fingerprint density at radius 3 is 2.53 bits per heavy atom. The largest absolute Gasteiger partial charge is 0.317 e. The maximum Gasteiger partial charge on any atom is 0.0624 e. The van der Waals surface area contributed by atoms with Gasteiger partial charge in [0.1, 0.15) is 0 Å². The first-order valence-electron chi connectivity index (χ1n) is 5.16. The summed E-state index contributed by atoms with van der Waals surface area (Å²) >= 11 is 12.1. The highest BCUT2D eigenvalue weighted by Gasteiger charge is 2.13. The molecule has 1 nitrogen and oxygen atoms in total. The molecule has 1 rings (SSSR count). The number of nitrogens with one attached hydrogen (secondary N) is 1. The van der Waals surface area contributed by atoms with Crippen LogP contribution in [-0.4, -0.2) is 13.1 Å². The number of rotatable bonds is 4. The van der Waals surface area contributed by atoms with Crippen LogP contribution in [0, 0.1) is 5.92 Å². The lowest BCUT2D eigenvalue weighted by Gasteiger charge is -2.19. The zero-order valence-electron chi connectivity index (χ0n) is 9.35. The molecule has 0 aliphatic carbocycles. The SMILES string of the molecule is CNC(C)C(C)Cc1cccc(Cl)c1Cl. The summed E-state index contributed by atoms with van der Waals surface area (Å²) in [6.45, 7) is 4.38. The average Bonchev–Trinajstić information content (AvgIpc) is 2.23. The Bertz CT molecular complexity index is 325. The molecule has 0 heterocycles. The van der Waals surface area contributed by atoms with Crippen molar-refractivity contribution in [3.63, 3.8) is 0 Å². The van der Waals surface area contributed by atoms with Crippen LogP contribution in [0.25, 0.3) is 0 Å². The van der Waals surface area contributed by atoms with Crippen molar-refractivity contribution >= 4 is 23.2 Å². The fourth-order valence-corrected chi connectivity index (χ4v) is 1.91. The van der Waals surface area contributed by atoms with Gasteiger partial charge < -0.3 is 5.32 Å². The molecule has 0 radical (unpaired) electrons. The molecule has 84 valence electrons. The normalized spacial score (nSPS) is 15.0. The van der Waals surface area contributed by atoms with Crippen molar-refractivity contribution in [2.24, 2.45) is 5.92 Å². The van der Waals surface area contributed by atoms with Crippen LogP contribution in [0.1, 0.15) is 19.4 Å². The van der Waals surface area contributed by atoms with Gasteiger partial charge in [-0.3, -0.25) is 0 Å². The Kier molecular flexibility index (Phi) is 4.91. The summed E-state index contributed by atoms with van der Waals surface area (Å²) in [5.41, 5.74) is 1.12. The van der Waals surface area contributed by atoms with Gasteiger partial charge in [-0.1, -0.05) is 42.3 Å². The van der Waals surface area contributed by atoms with Crippen LogP contribution in [0.5, 0.6) is 0 Å². The predicted molar refractivity (Wildman–Crippen MR) is 67.9 cm³/mol. The zero-order chi connectivity index (χ0) is 11.4. The fraction of sp³-hybridized carbons (Fsp3) is 0.500. The smallest absolute Gasteiger partial charge is 0.0624 e. The monoisotopic (exact) mass is 245 g/mol. The molecule has 2 unspecified atom stereocenters. The molecule has 2 atom stereocenters. The standard InChI is InChI=1S/C12H17Cl2N/c1-8(9(2)15-3)7-10-5-4-6-11(13)12(10)14/h4-6,8-9,15H,7H2,1-3H3. The Morgan fingerprint density at radius 1 is 1.27 bits per heavy atom. The van der Waals surface area contributed by atoms with E-state index in [1.807, 2.05) is 25.2 Å². The molecule has 0 saturated carbocycles. The third-order valence-electron chi connectivity index (χ3n) is 2.88. The highest BCUT2D eigenvalue weighted by molar-refractivity contribution is 6.42. The van der Waals surface area contributed by atoms with Crippen LogP contribution >= 0.6 is 23.2 Å². The maximum absolute atomic E-state index is 6.13. The van der Waals surface area contributed by atoms with Crippen molar-refractivity contribution in [2.75, 3.05) is 7.05 Å². The molecule has 3 heteroatoms. The van der Waals surface area contributed by atoms with Gasteiger partial charge in [-0.15, -0.1) is 0 Å².